The molecule has 0 aromatic heterocycles. The molecular formula is C20H35NO4. The maximum Gasteiger partial charge on any atom is 0.222 e. The molecule has 5 heteroatoms. The van der Waals surface area contributed by atoms with E-state index in [1.807, 2.05) is 13.8 Å². The fourth-order valence-corrected chi connectivity index (χ4v) is 3.78. The zero-order valence-corrected chi connectivity index (χ0v) is 16.3. The van der Waals surface area contributed by atoms with Gasteiger partial charge in [0.15, 0.2) is 0 Å². The molecule has 2 aliphatic rings. The van der Waals surface area contributed by atoms with Crippen LogP contribution < -0.4 is 5.32 Å². The predicted molar refractivity (Wildman–Crippen MR) is 97.3 cm³/mol. The smallest absolute Gasteiger partial charge is 0.222 e. The molecule has 1 N–H and O–H groups in total. The zero-order chi connectivity index (χ0) is 18.4. The summed E-state index contributed by atoms with van der Waals surface area (Å²) in [5.41, 5.74) is 0. The average Bonchev–Trinajstić information content (AvgIpc) is 2.51. The Morgan fingerprint density at radius 3 is 2.16 bits per heavy atom. The molecule has 0 heterocycles. The second-order valence-electron chi connectivity index (χ2n) is 8.19. The molecule has 2 rings (SSSR count). The van der Waals surface area contributed by atoms with Gasteiger partial charge in [0.2, 0.25) is 5.91 Å². The summed E-state index contributed by atoms with van der Waals surface area (Å²) in [5.74, 6) is 0.601. The van der Waals surface area contributed by atoms with Crippen molar-refractivity contribution in [1.29, 1.82) is 0 Å². The van der Waals surface area contributed by atoms with E-state index in [4.69, 9.17) is 9.47 Å². The van der Waals surface area contributed by atoms with Gasteiger partial charge in [-0.05, 0) is 52.4 Å². The van der Waals surface area contributed by atoms with E-state index < -0.39 is 0 Å². The van der Waals surface area contributed by atoms with Crippen molar-refractivity contribution in [2.75, 3.05) is 6.61 Å². The van der Waals surface area contributed by atoms with Crippen LogP contribution in [-0.2, 0) is 19.1 Å². The van der Waals surface area contributed by atoms with Gasteiger partial charge in [-0.25, -0.2) is 0 Å². The van der Waals surface area contributed by atoms with Gasteiger partial charge >= 0.3 is 0 Å². The van der Waals surface area contributed by atoms with E-state index in [2.05, 4.69) is 19.2 Å². The maximum absolute atomic E-state index is 12.0. The van der Waals surface area contributed by atoms with Crippen LogP contribution in [0.5, 0.6) is 0 Å². The van der Waals surface area contributed by atoms with Crippen LogP contribution in [0.2, 0.25) is 0 Å². The van der Waals surface area contributed by atoms with Gasteiger partial charge in [0, 0.05) is 24.3 Å². The number of ether oxygens (including phenoxy) is 2. The normalized spacial score (nSPS) is 29.5. The molecule has 0 unspecified atom stereocenters. The van der Waals surface area contributed by atoms with Gasteiger partial charge in [0.05, 0.1) is 24.9 Å². The number of carbonyl (C=O) groups excluding carboxylic acids is 2. The van der Waals surface area contributed by atoms with Gasteiger partial charge < -0.3 is 14.8 Å². The number of amides is 1. The number of Topliss-reactive ketones (excluding diaryl/α,β-unsaturated/α-hetero) is 1. The van der Waals surface area contributed by atoms with Gasteiger partial charge in [-0.3, -0.25) is 9.59 Å². The predicted octanol–water partition coefficient (Wildman–Crippen LogP) is 3.25. The molecule has 0 radical (unpaired) electrons. The van der Waals surface area contributed by atoms with Crippen molar-refractivity contribution >= 4 is 11.7 Å². The minimum atomic E-state index is 0.0391. The number of hydrogen-bond acceptors (Lipinski definition) is 4. The van der Waals surface area contributed by atoms with Crippen LogP contribution in [0.25, 0.3) is 0 Å². The maximum atomic E-state index is 12.0. The number of hydrogen-bond donors (Lipinski definition) is 1. The van der Waals surface area contributed by atoms with Crippen LogP contribution in [0.3, 0.4) is 0 Å². The molecule has 5 nitrogen and oxygen atoms in total. The van der Waals surface area contributed by atoms with Crippen molar-refractivity contribution in [3.63, 3.8) is 0 Å². The zero-order valence-electron chi connectivity index (χ0n) is 16.3. The Hall–Kier alpha value is -0.940. The Bertz CT molecular complexity index is 435. The van der Waals surface area contributed by atoms with Gasteiger partial charge in [-0.15, -0.1) is 0 Å². The summed E-state index contributed by atoms with van der Waals surface area (Å²) in [6.07, 6.45) is 7.02. The molecule has 144 valence electrons. The molecule has 0 atom stereocenters. The average molecular weight is 354 g/mol. The molecule has 2 fully saturated rings. The first kappa shape index (κ1) is 20.4. The molecule has 25 heavy (non-hydrogen) atoms. The first-order valence-electron chi connectivity index (χ1n) is 9.95. The van der Waals surface area contributed by atoms with Crippen LogP contribution >= 0.6 is 0 Å². The monoisotopic (exact) mass is 353 g/mol. The number of carbonyl (C=O) groups is 2. The minimum Gasteiger partial charge on any atom is -0.378 e. The van der Waals surface area contributed by atoms with Gasteiger partial charge in [-0.2, -0.15) is 0 Å². The van der Waals surface area contributed by atoms with E-state index in [0.717, 1.165) is 38.5 Å². The van der Waals surface area contributed by atoms with Crippen molar-refractivity contribution in [2.24, 2.45) is 11.8 Å². The lowest BCUT2D eigenvalue weighted by molar-refractivity contribution is -0.131. The van der Waals surface area contributed by atoms with Crippen molar-refractivity contribution < 1.29 is 19.1 Å². The molecule has 1 amide bonds. The van der Waals surface area contributed by atoms with E-state index in [1.54, 1.807) is 0 Å². The van der Waals surface area contributed by atoms with Crippen molar-refractivity contribution in [3.8, 4) is 0 Å². The Kier molecular flexibility index (Phi) is 7.88. The number of nitrogens with one attached hydrogen (secondary N) is 1. The first-order valence-corrected chi connectivity index (χ1v) is 9.95. The summed E-state index contributed by atoms with van der Waals surface area (Å²) in [7, 11) is 0. The van der Waals surface area contributed by atoms with E-state index >= 15 is 0 Å². The summed E-state index contributed by atoms with van der Waals surface area (Å²) >= 11 is 0. The summed E-state index contributed by atoms with van der Waals surface area (Å²) < 4.78 is 11.7. The minimum absolute atomic E-state index is 0.0391. The van der Waals surface area contributed by atoms with E-state index in [0.29, 0.717) is 24.9 Å². The second-order valence-corrected chi connectivity index (χ2v) is 8.19. The Morgan fingerprint density at radius 2 is 1.60 bits per heavy atom. The lowest BCUT2D eigenvalue weighted by Gasteiger charge is -2.35. The topological polar surface area (TPSA) is 64.6 Å². The van der Waals surface area contributed by atoms with Crippen LogP contribution in [0, 0.1) is 11.8 Å². The van der Waals surface area contributed by atoms with Crippen molar-refractivity contribution in [1.82, 2.24) is 5.32 Å². The highest BCUT2D eigenvalue weighted by molar-refractivity contribution is 5.84. The summed E-state index contributed by atoms with van der Waals surface area (Å²) in [6, 6.07) is 0.170. The molecular weight excluding hydrogens is 318 g/mol. The molecule has 2 saturated carbocycles. The van der Waals surface area contributed by atoms with Crippen LogP contribution in [0.1, 0.15) is 72.6 Å². The lowest BCUT2D eigenvalue weighted by atomic mass is 9.75. The molecule has 0 saturated heterocycles. The van der Waals surface area contributed by atoms with Gasteiger partial charge in [0.25, 0.3) is 0 Å². The SMILES string of the molecule is CC(C)O[C@H]1CC[C@H](OCCC(=O)N[C@H]2C[C@H](C(=O)C(C)C)C2)CC1. The van der Waals surface area contributed by atoms with Crippen molar-refractivity contribution in [2.45, 2.75) is 97.0 Å². The van der Waals surface area contributed by atoms with Crippen molar-refractivity contribution in [3.05, 3.63) is 0 Å². The molecule has 0 spiro atoms. The van der Waals surface area contributed by atoms with E-state index in [-0.39, 0.29) is 36.0 Å². The third-order valence-corrected chi connectivity index (χ3v) is 5.24. The number of ketones is 1. The highest BCUT2D eigenvalue weighted by atomic mass is 16.5. The molecule has 0 aliphatic heterocycles. The third kappa shape index (κ3) is 6.70. The second kappa shape index (κ2) is 9.67. The largest absolute Gasteiger partial charge is 0.378 e. The molecule has 2 aliphatic carbocycles. The highest BCUT2D eigenvalue weighted by Gasteiger charge is 2.35. The quantitative estimate of drug-likeness (QED) is 0.691. The van der Waals surface area contributed by atoms with Gasteiger partial charge in [-0.1, -0.05) is 13.8 Å². The standard InChI is InChI=1S/C20H35NO4/c1-13(2)20(23)15-11-16(12-15)21-19(22)9-10-24-17-5-7-18(8-6-17)25-14(3)4/h13-18H,5-12H2,1-4H3,(H,21,22)/t15-,16-,17-,18-. The van der Waals surface area contributed by atoms with Gasteiger partial charge in [0.1, 0.15) is 5.78 Å². The highest BCUT2D eigenvalue weighted by Crippen LogP contribution is 2.30. The third-order valence-electron chi connectivity index (χ3n) is 5.24. The molecule has 0 bridgehead atoms. The summed E-state index contributed by atoms with van der Waals surface area (Å²) in [4.78, 5) is 23.8. The molecule has 0 aromatic rings. The summed E-state index contributed by atoms with van der Waals surface area (Å²) in [5, 5.41) is 3.02. The lowest BCUT2D eigenvalue weighted by Crippen LogP contribution is -2.47. The van der Waals surface area contributed by atoms with Crippen LogP contribution in [0.15, 0.2) is 0 Å². The summed E-state index contributed by atoms with van der Waals surface area (Å²) in [6.45, 7) is 8.50. The van der Waals surface area contributed by atoms with E-state index in [9.17, 15) is 9.59 Å². The Labute approximate surface area is 152 Å². The fraction of sp³-hybridized carbons (Fsp3) is 0.900. The molecule has 0 aromatic carbocycles. The fourth-order valence-electron chi connectivity index (χ4n) is 3.78. The van der Waals surface area contributed by atoms with Crippen LogP contribution in [-0.4, -0.2) is 42.7 Å². The number of rotatable bonds is 9. The first-order chi connectivity index (χ1) is 11.8. The van der Waals surface area contributed by atoms with Crippen LogP contribution in [0.4, 0.5) is 0 Å². The van der Waals surface area contributed by atoms with E-state index in [1.165, 1.54) is 0 Å². The Balaban J connectivity index is 1.52. The Morgan fingerprint density at radius 1 is 1.00 bits per heavy atom.